The second kappa shape index (κ2) is 3.16. The van der Waals surface area contributed by atoms with Crippen molar-refractivity contribution in [2.45, 2.75) is 12.8 Å². The third kappa shape index (κ3) is 1.68. The molecule has 2 heterocycles. The highest BCUT2D eigenvalue weighted by molar-refractivity contribution is 7.13. The lowest BCUT2D eigenvalue weighted by atomic mass is 10.2. The fourth-order valence-corrected chi connectivity index (χ4v) is 1.70. The summed E-state index contributed by atoms with van der Waals surface area (Å²) in [5, 5.41) is 5.44. The average Bonchev–Trinajstić information content (AvgIpc) is 2.73. The van der Waals surface area contributed by atoms with Crippen molar-refractivity contribution in [3.8, 4) is 10.6 Å². The van der Waals surface area contributed by atoms with Gasteiger partial charge in [-0.15, -0.1) is 11.3 Å². The minimum Gasteiger partial charge on any atom is -0.354 e. The molecule has 2 aromatic rings. The molecule has 0 radical (unpaired) electrons. The summed E-state index contributed by atoms with van der Waals surface area (Å²) in [7, 11) is 0. The highest BCUT2D eigenvalue weighted by atomic mass is 32.1. The Bertz CT molecular complexity index is 416. The normalized spacial score (nSPS) is 11.9. The lowest BCUT2D eigenvalue weighted by molar-refractivity contribution is -0.0105. The summed E-state index contributed by atoms with van der Waals surface area (Å²) in [6, 6.07) is 4.91. The van der Waals surface area contributed by atoms with Gasteiger partial charge < -0.3 is 4.52 Å². The number of hydrogen-bond acceptors (Lipinski definition) is 3. The summed E-state index contributed by atoms with van der Waals surface area (Å²) in [6.07, 6.45) is 0. The van der Waals surface area contributed by atoms with Crippen molar-refractivity contribution in [1.82, 2.24) is 5.16 Å². The van der Waals surface area contributed by atoms with E-state index in [4.69, 9.17) is 0 Å². The highest BCUT2D eigenvalue weighted by Crippen LogP contribution is 2.31. The second-order valence-corrected chi connectivity index (χ2v) is 3.89. The number of rotatable bonds is 2. The Kier molecular flexibility index (Phi) is 2.11. The third-order valence-corrected chi connectivity index (χ3v) is 2.61. The summed E-state index contributed by atoms with van der Waals surface area (Å²) in [4.78, 5) is 0.823. The van der Waals surface area contributed by atoms with Crippen LogP contribution in [-0.2, 0) is 5.92 Å². The molecule has 14 heavy (non-hydrogen) atoms. The Morgan fingerprint density at radius 3 is 2.79 bits per heavy atom. The quantitative estimate of drug-likeness (QED) is 0.766. The van der Waals surface area contributed by atoms with Crippen LogP contribution in [0.15, 0.2) is 28.1 Å². The molecule has 0 aliphatic carbocycles. The molecule has 2 aromatic heterocycles. The van der Waals surface area contributed by atoms with Gasteiger partial charge in [-0.1, -0.05) is 11.2 Å². The van der Waals surface area contributed by atoms with Crippen molar-refractivity contribution in [3.05, 3.63) is 29.3 Å². The van der Waals surface area contributed by atoms with Crippen LogP contribution in [0, 0.1) is 0 Å². The number of nitrogens with zero attached hydrogens (tertiary/aromatic N) is 1. The summed E-state index contributed by atoms with van der Waals surface area (Å²) >= 11 is 1.43. The molecule has 0 fully saturated rings. The van der Waals surface area contributed by atoms with Crippen molar-refractivity contribution in [2.24, 2.45) is 0 Å². The first-order valence-electron chi connectivity index (χ1n) is 3.96. The van der Waals surface area contributed by atoms with E-state index in [2.05, 4.69) is 9.68 Å². The van der Waals surface area contributed by atoms with Crippen LogP contribution in [0.3, 0.4) is 0 Å². The molecule has 0 saturated carbocycles. The summed E-state index contributed by atoms with van der Waals surface area (Å²) in [6.45, 7) is 0.783. The number of alkyl halides is 2. The molecular formula is C9H7F2NOS. The lowest BCUT2D eigenvalue weighted by Crippen LogP contribution is -2.04. The number of halogens is 2. The van der Waals surface area contributed by atoms with Crippen LogP contribution in [0.25, 0.3) is 10.6 Å². The standard InChI is InChI=1S/C9H7F2NOS/c1-9(10,11)8-5-6(12-13-8)7-3-2-4-14-7/h2-5H,1H3. The summed E-state index contributed by atoms with van der Waals surface area (Å²) in [5.41, 5.74) is 0.455. The predicted octanol–water partition coefficient (Wildman–Crippen LogP) is 3.51. The van der Waals surface area contributed by atoms with Crippen LogP contribution in [0.5, 0.6) is 0 Å². The molecule has 0 atom stereocenters. The molecule has 74 valence electrons. The minimum atomic E-state index is -2.97. The molecule has 0 bridgehead atoms. The molecule has 0 aliphatic heterocycles. The molecule has 5 heteroatoms. The van der Waals surface area contributed by atoms with E-state index in [1.807, 2.05) is 11.4 Å². The molecule has 0 unspecified atom stereocenters. The van der Waals surface area contributed by atoms with Gasteiger partial charge in [0.25, 0.3) is 0 Å². The van der Waals surface area contributed by atoms with Gasteiger partial charge in [-0.3, -0.25) is 0 Å². The van der Waals surface area contributed by atoms with Crippen molar-refractivity contribution < 1.29 is 13.3 Å². The Balaban J connectivity index is 2.36. The monoisotopic (exact) mass is 215 g/mol. The maximum absolute atomic E-state index is 12.8. The van der Waals surface area contributed by atoms with E-state index in [1.165, 1.54) is 17.4 Å². The Morgan fingerprint density at radius 2 is 2.29 bits per heavy atom. The Hall–Kier alpha value is -1.23. The fourth-order valence-electron chi connectivity index (χ4n) is 1.02. The maximum atomic E-state index is 12.8. The molecule has 0 aliphatic rings. The van der Waals surface area contributed by atoms with E-state index in [-0.39, 0.29) is 0 Å². The molecule has 0 amide bonds. The summed E-state index contributed by atoms with van der Waals surface area (Å²) in [5.74, 6) is -3.37. The van der Waals surface area contributed by atoms with Gasteiger partial charge in [0.05, 0.1) is 4.88 Å². The van der Waals surface area contributed by atoms with Crippen LogP contribution in [-0.4, -0.2) is 5.16 Å². The zero-order valence-corrected chi connectivity index (χ0v) is 8.15. The average molecular weight is 215 g/mol. The van der Waals surface area contributed by atoms with Crippen molar-refractivity contribution in [2.75, 3.05) is 0 Å². The number of hydrogen-bond donors (Lipinski definition) is 0. The molecule has 0 aromatic carbocycles. The molecule has 2 rings (SSSR count). The van der Waals surface area contributed by atoms with Gasteiger partial charge in [-0.05, 0) is 11.4 Å². The van der Waals surface area contributed by atoms with Crippen molar-refractivity contribution in [3.63, 3.8) is 0 Å². The zero-order valence-electron chi connectivity index (χ0n) is 7.33. The topological polar surface area (TPSA) is 26.0 Å². The highest BCUT2D eigenvalue weighted by Gasteiger charge is 2.30. The van der Waals surface area contributed by atoms with E-state index in [0.29, 0.717) is 5.69 Å². The predicted molar refractivity (Wildman–Crippen MR) is 49.4 cm³/mol. The van der Waals surface area contributed by atoms with Gasteiger partial charge in [0.1, 0.15) is 5.69 Å². The largest absolute Gasteiger partial charge is 0.354 e. The first-order valence-corrected chi connectivity index (χ1v) is 4.84. The Labute approximate surface area is 83.2 Å². The first-order chi connectivity index (χ1) is 6.57. The molecular weight excluding hydrogens is 208 g/mol. The van der Waals surface area contributed by atoms with Crippen LogP contribution in [0.4, 0.5) is 8.78 Å². The number of aromatic nitrogens is 1. The van der Waals surface area contributed by atoms with Crippen LogP contribution in [0.1, 0.15) is 12.7 Å². The third-order valence-electron chi connectivity index (χ3n) is 1.72. The smallest absolute Gasteiger partial charge is 0.304 e. The minimum absolute atomic E-state index is 0.402. The SMILES string of the molecule is CC(F)(F)c1cc(-c2cccs2)no1. The van der Waals surface area contributed by atoms with Gasteiger partial charge in [0.2, 0.25) is 5.76 Å². The van der Waals surface area contributed by atoms with Crippen molar-refractivity contribution in [1.29, 1.82) is 0 Å². The van der Waals surface area contributed by atoms with E-state index >= 15 is 0 Å². The van der Waals surface area contributed by atoms with Gasteiger partial charge in [0, 0.05) is 13.0 Å². The van der Waals surface area contributed by atoms with Crippen LogP contribution < -0.4 is 0 Å². The van der Waals surface area contributed by atoms with Crippen LogP contribution in [0.2, 0.25) is 0 Å². The molecule has 0 saturated heterocycles. The molecule has 0 N–H and O–H groups in total. The van der Waals surface area contributed by atoms with Gasteiger partial charge in [-0.25, -0.2) is 0 Å². The Morgan fingerprint density at radius 1 is 1.50 bits per heavy atom. The van der Waals surface area contributed by atoms with Crippen molar-refractivity contribution >= 4 is 11.3 Å². The second-order valence-electron chi connectivity index (χ2n) is 2.94. The lowest BCUT2D eigenvalue weighted by Gasteiger charge is -2.02. The fraction of sp³-hybridized carbons (Fsp3) is 0.222. The number of thiophene rings is 1. The van der Waals surface area contributed by atoms with E-state index in [1.54, 1.807) is 6.07 Å². The maximum Gasteiger partial charge on any atom is 0.304 e. The van der Waals surface area contributed by atoms with Gasteiger partial charge in [0.15, 0.2) is 0 Å². The summed E-state index contributed by atoms with van der Waals surface area (Å²) < 4.78 is 30.1. The molecule has 2 nitrogen and oxygen atoms in total. The van der Waals surface area contributed by atoms with Gasteiger partial charge in [-0.2, -0.15) is 8.78 Å². The zero-order chi connectivity index (χ0) is 10.2. The van der Waals surface area contributed by atoms with Gasteiger partial charge >= 0.3 is 5.92 Å². The van der Waals surface area contributed by atoms with E-state index in [9.17, 15) is 8.78 Å². The molecule has 0 spiro atoms. The van der Waals surface area contributed by atoms with E-state index in [0.717, 1.165) is 11.8 Å². The van der Waals surface area contributed by atoms with E-state index < -0.39 is 11.7 Å². The first kappa shape index (κ1) is 9.33. The van der Waals surface area contributed by atoms with Crippen LogP contribution >= 0.6 is 11.3 Å².